The fourth-order valence-electron chi connectivity index (χ4n) is 2.38. The number of nitrogens with one attached hydrogen (secondary N) is 1. The lowest BCUT2D eigenvalue weighted by Crippen LogP contribution is -2.26. The van der Waals surface area contributed by atoms with Crippen molar-refractivity contribution in [1.82, 2.24) is 10.2 Å². The third kappa shape index (κ3) is 4.32. The van der Waals surface area contributed by atoms with Crippen LogP contribution in [0.15, 0.2) is 53.4 Å². The Kier molecular flexibility index (Phi) is 5.97. The Morgan fingerprint density at radius 1 is 1.18 bits per heavy atom. The van der Waals surface area contributed by atoms with Crippen LogP contribution < -0.4 is 9.62 Å². The van der Waals surface area contributed by atoms with E-state index < -0.39 is 15.9 Å². The van der Waals surface area contributed by atoms with E-state index in [0.29, 0.717) is 15.8 Å². The molecular weight excluding hydrogens is 420 g/mol. The molecule has 1 N–H and O–H groups in total. The number of benzene rings is 2. The van der Waals surface area contributed by atoms with E-state index in [-0.39, 0.29) is 10.5 Å². The van der Waals surface area contributed by atoms with Gasteiger partial charge in [0.1, 0.15) is 5.01 Å². The van der Waals surface area contributed by atoms with Crippen LogP contribution in [0.2, 0.25) is 5.02 Å². The first kappa shape index (κ1) is 20.2. The largest absolute Gasteiger partial charge is 0.296 e. The molecule has 0 bridgehead atoms. The molecule has 3 aromatic rings. The number of sulfonamides is 1. The van der Waals surface area contributed by atoms with Crippen LogP contribution >= 0.6 is 22.9 Å². The number of aryl methyl sites for hydroxylation is 1. The Hall–Kier alpha value is -2.49. The highest BCUT2D eigenvalue weighted by Crippen LogP contribution is 2.25. The van der Waals surface area contributed by atoms with Gasteiger partial charge in [0, 0.05) is 17.6 Å². The molecule has 1 aromatic heterocycles. The fourth-order valence-corrected chi connectivity index (χ4v) is 4.48. The molecule has 10 heteroatoms. The molecule has 7 nitrogen and oxygen atoms in total. The highest BCUT2D eigenvalue weighted by atomic mass is 35.5. The summed E-state index contributed by atoms with van der Waals surface area (Å²) in [4.78, 5) is 12.5. The smallest absolute Gasteiger partial charge is 0.264 e. The van der Waals surface area contributed by atoms with Gasteiger partial charge in [-0.2, -0.15) is 0 Å². The Labute approximate surface area is 172 Å². The average Bonchev–Trinajstić information content (AvgIpc) is 3.15. The minimum Gasteiger partial charge on any atom is -0.296 e. The summed E-state index contributed by atoms with van der Waals surface area (Å²) in [6.07, 6.45) is 0.719. The van der Waals surface area contributed by atoms with E-state index in [0.717, 1.165) is 15.7 Å². The lowest BCUT2D eigenvalue weighted by molar-refractivity contribution is 0.102. The van der Waals surface area contributed by atoms with Crippen molar-refractivity contribution in [3.63, 3.8) is 0 Å². The van der Waals surface area contributed by atoms with Crippen molar-refractivity contribution in [1.29, 1.82) is 0 Å². The molecule has 0 saturated heterocycles. The summed E-state index contributed by atoms with van der Waals surface area (Å²) < 4.78 is 27.0. The minimum absolute atomic E-state index is 0.00543. The van der Waals surface area contributed by atoms with Crippen LogP contribution in [0.4, 0.5) is 10.8 Å². The Bertz CT molecular complexity index is 1120. The second-order valence-corrected chi connectivity index (χ2v) is 9.26. The zero-order valence-electron chi connectivity index (χ0n) is 15.1. The summed E-state index contributed by atoms with van der Waals surface area (Å²) in [6, 6.07) is 12.3. The van der Waals surface area contributed by atoms with Crippen LogP contribution in [0.1, 0.15) is 22.3 Å². The lowest BCUT2D eigenvalue weighted by atomic mass is 10.2. The highest BCUT2D eigenvalue weighted by Gasteiger charge is 2.23. The molecule has 3 rings (SSSR count). The quantitative estimate of drug-likeness (QED) is 0.633. The van der Waals surface area contributed by atoms with Crippen LogP contribution in [0, 0.1) is 0 Å². The molecule has 1 heterocycles. The molecule has 0 radical (unpaired) electrons. The molecule has 1 amide bonds. The number of aromatic nitrogens is 2. The van der Waals surface area contributed by atoms with Crippen LogP contribution in [0.5, 0.6) is 0 Å². The van der Waals surface area contributed by atoms with Crippen LogP contribution in [0.25, 0.3) is 0 Å². The number of rotatable bonds is 6. The van der Waals surface area contributed by atoms with E-state index in [1.807, 2.05) is 6.92 Å². The third-order valence-corrected chi connectivity index (χ3v) is 6.92. The normalized spacial score (nSPS) is 11.2. The Morgan fingerprint density at radius 2 is 1.93 bits per heavy atom. The van der Waals surface area contributed by atoms with Gasteiger partial charge in [-0.1, -0.05) is 42.0 Å². The van der Waals surface area contributed by atoms with E-state index in [4.69, 9.17) is 11.6 Å². The van der Waals surface area contributed by atoms with Gasteiger partial charge >= 0.3 is 0 Å². The number of carbonyl (C=O) groups excluding carboxylic acids is 1. The van der Waals surface area contributed by atoms with Crippen molar-refractivity contribution in [2.24, 2.45) is 0 Å². The predicted octanol–water partition coefficient (Wildman–Crippen LogP) is 3.83. The summed E-state index contributed by atoms with van der Waals surface area (Å²) in [5.41, 5.74) is 0.622. The maximum atomic E-state index is 13.0. The first-order valence-electron chi connectivity index (χ1n) is 8.29. The molecule has 0 fully saturated rings. The topological polar surface area (TPSA) is 92.3 Å². The maximum absolute atomic E-state index is 13.0. The van der Waals surface area contributed by atoms with Crippen LogP contribution in [-0.4, -0.2) is 31.6 Å². The van der Waals surface area contributed by atoms with Gasteiger partial charge in [0.15, 0.2) is 0 Å². The molecule has 0 unspecified atom stereocenters. The zero-order chi connectivity index (χ0) is 20.3. The number of amides is 1. The number of hydrogen-bond donors (Lipinski definition) is 1. The Balaban J connectivity index is 1.86. The minimum atomic E-state index is -3.87. The average molecular weight is 437 g/mol. The first-order valence-corrected chi connectivity index (χ1v) is 10.9. The van der Waals surface area contributed by atoms with Gasteiger partial charge in [-0.25, -0.2) is 8.42 Å². The van der Waals surface area contributed by atoms with Crippen molar-refractivity contribution in [3.05, 3.63) is 64.1 Å². The number of halogens is 1. The fraction of sp³-hybridized carbons (Fsp3) is 0.167. The maximum Gasteiger partial charge on any atom is 0.264 e. The van der Waals surface area contributed by atoms with Crippen LogP contribution in [0.3, 0.4) is 0 Å². The van der Waals surface area contributed by atoms with E-state index in [2.05, 4.69) is 15.5 Å². The summed E-state index contributed by atoms with van der Waals surface area (Å²) in [5, 5.41) is 12.1. The van der Waals surface area contributed by atoms with E-state index >= 15 is 0 Å². The van der Waals surface area contributed by atoms with Gasteiger partial charge in [-0.15, -0.1) is 10.2 Å². The number of carbonyl (C=O) groups is 1. The third-order valence-electron chi connectivity index (χ3n) is 3.92. The number of hydrogen-bond acceptors (Lipinski definition) is 6. The first-order chi connectivity index (χ1) is 13.3. The molecule has 0 aliphatic rings. The van der Waals surface area contributed by atoms with Crippen molar-refractivity contribution in [3.8, 4) is 0 Å². The summed E-state index contributed by atoms with van der Waals surface area (Å²) in [5.74, 6) is -0.457. The summed E-state index contributed by atoms with van der Waals surface area (Å²) in [7, 11) is -2.44. The highest BCUT2D eigenvalue weighted by molar-refractivity contribution is 7.92. The molecule has 0 saturated carbocycles. The van der Waals surface area contributed by atoms with Crippen molar-refractivity contribution >= 4 is 49.7 Å². The summed E-state index contributed by atoms with van der Waals surface area (Å²) in [6.45, 7) is 1.94. The molecule has 0 spiro atoms. The molecule has 0 atom stereocenters. The Morgan fingerprint density at radius 3 is 2.61 bits per heavy atom. The van der Waals surface area contributed by atoms with Gasteiger partial charge in [0.25, 0.3) is 15.9 Å². The van der Waals surface area contributed by atoms with Gasteiger partial charge < -0.3 is 0 Å². The standard InChI is InChI=1S/C18H17ClN4O3S2/c1-3-16-21-22-18(27-16)20-17(24)12-6-4-9-15(10-12)28(25,26)23(2)14-8-5-7-13(19)11-14/h4-11H,3H2,1-2H3,(H,20,22,24). The van der Waals surface area contributed by atoms with Gasteiger partial charge in [-0.3, -0.25) is 14.4 Å². The van der Waals surface area contributed by atoms with E-state index in [1.54, 1.807) is 24.3 Å². The monoisotopic (exact) mass is 436 g/mol. The second-order valence-electron chi connectivity index (χ2n) is 5.79. The molecule has 2 aromatic carbocycles. The number of nitrogens with zero attached hydrogens (tertiary/aromatic N) is 3. The molecular formula is C18H17ClN4O3S2. The van der Waals surface area contributed by atoms with Gasteiger partial charge in [0.05, 0.1) is 10.6 Å². The summed E-state index contributed by atoms with van der Waals surface area (Å²) >= 11 is 7.23. The van der Waals surface area contributed by atoms with Gasteiger partial charge in [-0.05, 0) is 42.8 Å². The van der Waals surface area contributed by atoms with Gasteiger partial charge in [0.2, 0.25) is 5.13 Å². The SMILES string of the molecule is CCc1nnc(NC(=O)c2cccc(S(=O)(=O)N(C)c3cccc(Cl)c3)c2)s1. The molecule has 28 heavy (non-hydrogen) atoms. The molecule has 0 aliphatic heterocycles. The molecule has 0 aliphatic carbocycles. The zero-order valence-corrected chi connectivity index (χ0v) is 17.5. The predicted molar refractivity (Wildman–Crippen MR) is 111 cm³/mol. The van der Waals surface area contributed by atoms with Crippen molar-refractivity contribution < 1.29 is 13.2 Å². The van der Waals surface area contributed by atoms with Crippen LogP contribution in [-0.2, 0) is 16.4 Å². The number of anilines is 2. The van der Waals surface area contributed by atoms with Crippen molar-refractivity contribution in [2.75, 3.05) is 16.7 Å². The van der Waals surface area contributed by atoms with Crippen molar-refractivity contribution in [2.45, 2.75) is 18.2 Å². The second kappa shape index (κ2) is 8.26. The lowest BCUT2D eigenvalue weighted by Gasteiger charge is -2.20. The van der Waals surface area contributed by atoms with E-state index in [1.165, 1.54) is 42.6 Å². The van der Waals surface area contributed by atoms with E-state index in [9.17, 15) is 13.2 Å². The molecule has 146 valence electrons.